The number of aromatic nitrogens is 2. The van der Waals surface area contributed by atoms with Gasteiger partial charge < -0.3 is 14.6 Å². The summed E-state index contributed by atoms with van der Waals surface area (Å²) in [6.07, 6.45) is 0. The maximum atomic E-state index is 11.5. The third kappa shape index (κ3) is 6.16. The molecule has 7 rings (SSSR count). The molecule has 0 aliphatic carbocycles. The second-order valence-electron chi connectivity index (χ2n) is 14.3. The van der Waals surface area contributed by atoms with Crippen molar-refractivity contribution < 1.29 is 35.7 Å². The Kier molecular flexibility index (Phi) is 8.55. The Morgan fingerprint density at radius 3 is 1.75 bits per heavy atom. The van der Waals surface area contributed by atoms with Crippen molar-refractivity contribution in [1.82, 2.24) is 9.97 Å². The molecule has 48 heavy (non-hydrogen) atoms. The van der Waals surface area contributed by atoms with E-state index in [9.17, 15) is 10.2 Å². The van der Waals surface area contributed by atoms with Crippen LogP contribution in [0.5, 0.6) is 11.5 Å². The first-order valence-corrected chi connectivity index (χ1v) is 15.9. The molecule has 0 amide bonds. The Balaban J connectivity index is 0.00000401. The van der Waals surface area contributed by atoms with Crippen LogP contribution in [0, 0.1) is 0 Å². The van der Waals surface area contributed by atoms with Crippen LogP contribution in [0.15, 0.2) is 114 Å². The molecule has 7 aromatic rings. The number of fused-ring (bicyclic) bond motifs is 3. The van der Waals surface area contributed by atoms with Gasteiger partial charge in [-0.2, -0.15) is 0 Å². The van der Waals surface area contributed by atoms with Crippen molar-refractivity contribution in [1.29, 1.82) is 0 Å². The van der Waals surface area contributed by atoms with Gasteiger partial charge in [0.2, 0.25) is 0 Å². The number of benzene rings is 4. The van der Waals surface area contributed by atoms with Gasteiger partial charge in [0.05, 0.1) is 28.3 Å². The minimum absolute atomic E-state index is 0. The predicted octanol–water partition coefficient (Wildman–Crippen LogP) is 11.0. The van der Waals surface area contributed by atoms with E-state index in [1.807, 2.05) is 48.5 Å². The molecular weight excluding hydrogens is 776 g/mol. The number of phenolic OH excluding ortho intramolecular Hbond substituents is 2. The molecule has 0 saturated carbocycles. The number of phenols is 2. The van der Waals surface area contributed by atoms with Crippen LogP contribution < -0.4 is 0 Å². The molecule has 0 saturated heterocycles. The molecule has 0 bridgehead atoms. The number of hydrogen-bond acceptors (Lipinski definition) is 5. The van der Waals surface area contributed by atoms with Crippen molar-refractivity contribution in [2.75, 3.05) is 0 Å². The van der Waals surface area contributed by atoms with Gasteiger partial charge in [-0.3, -0.25) is 0 Å². The summed E-state index contributed by atoms with van der Waals surface area (Å²) in [6, 6.07) is 35.5. The third-order valence-electron chi connectivity index (χ3n) is 8.80. The van der Waals surface area contributed by atoms with Gasteiger partial charge in [0.25, 0.3) is 0 Å². The van der Waals surface area contributed by atoms with Crippen LogP contribution in [0.2, 0.25) is 0 Å². The summed E-state index contributed by atoms with van der Waals surface area (Å²) >= 11 is 0. The second kappa shape index (κ2) is 12.4. The molecule has 0 atom stereocenters. The van der Waals surface area contributed by atoms with Gasteiger partial charge in [0.15, 0.2) is 0 Å². The van der Waals surface area contributed by atoms with Crippen molar-refractivity contribution in [2.45, 2.75) is 52.4 Å². The summed E-state index contributed by atoms with van der Waals surface area (Å²) in [6.45, 7) is 13.0. The first-order valence-electron chi connectivity index (χ1n) is 15.9. The molecule has 0 fully saturated rings. The summed E-state index contributed by atoms with van der Waals surface area (Å²) in [5.74, 6) is 0.302. The Bertz CT molecular complexity index is 2290. The van der Waals surface area contributed by atoms with E-state index in [4.69, 9.17) is 14.4 Å². The second-order valence-corrected chi connectivity index (χ2v) is 14.3. The molecule has 244 valence electrons. The SMILES string of the molecule is CC(C)(C)c1cc(-c2cc(C(C)(C)C)cc(-c3c(O)ccc4oc5cc(-c6ccccc6)ccc5c34)n2)nc(-c2ccccc2O)c1.[Pt]. The molecule has 4 aromatic carbocycles. The van der Waals surface area contributed by atoms with Gasteiger partial charge in [-0.1, -0.05) is 90.1 Å². The van der Waals surface area contributed by atoms with Gasteiger partial charge in [-0.05, 0) is 93.7 Å². The van der Waals surface area contributed by atoms with Crippen LogP contribution in [0.25, 0.3) is 67.0 Å². The number of para-hydroxylation sites is 1. The fourth-order valence-electron chi connectivity index (χ4n) is 6.07. The zero-order valence-corrected chi connectivity index (χ0v) is 30.2. The summed E-state index contributed by atoms with van der Waals surface area (Å²) in [7, 11) is 0. The quantitative estimate of drug-likeness (QED) is 0.185. The standard InChI is InChI=1S/C42H38N2O3.Pt/c1-41(2,3)27-21-31(29-14-10-11-15-35(29)45)43-32(22-27)33-23-28(42(4,5)6)24-34(44-33)40-36(46)18-19-37-39(40)30-17-16-26(20-38(30)47-37)25-12-8-7-9-13-25;/h7-24,45-46H,1-6H3;. The number of hydrogen-bond donors (Lipinski definition) is 2. The van der Waals surface area contributed by atoms with Gasteiger partial charge >= 0.3 is 0 Å². The van der Waals surface area contributed by atoms with E-state index in [0.29, 0.717) is 39.5 Å². The van der Waals surface area contributed by atoms with E-state index in [1.54, 1.807) is 12.1 Å². The Labute approximate surface area is 295 Å². The minimum atomic E-state index is -0.221. The summed E-state index contributed by atoms with van der Waals surface area (Å²) in [5, 5.41) is 23.9. The monoisotopic (exact) mass is 813 g/mol. The smallest absolute Gasteiger partial charge is 0.136 e. The van der Waals surface area contributed by atoms with Crippen LogP contribution in [0.3, 0.4) is 0 Å². The molecule has 6 heteroatoms. The van der Waals surface area contributed by atoms with Crippen molar-refractivity contribution in [3.05, 3.63) is 120 Å². The number of nitrogens with zero attached hydrogens (tertiary/aromatic N) is 2. The van der Waals surface area contributed by atoms with Gasteiger partial charge in [0.1, 0.15) is 22.7 Å². The van der Waals surface area contributed by atoms with E-state index >= 15 is 0 Å². The fraction of sp³-hybridized carbons (Fsp3) is 0.190. The van der Waals surface area contributed by atoms with Gasteiger partial charge in [0, 0.05) is 37.4 Å². The Hall–Kier alpha value is -4.73. The first kappa shape index (κ1) is 33.2. The maximum absolute atomic E-state index is 11.5. The summed E-state index contributed by atoms with van der Waals surface area (Å²) in [5.41, 5.74) is 9.29. The zero-order chi connectivity index (χ0) is 33.1. The summed E-state index contributed by atoms with van der Waals surface area (Å²) in [4.78, 5) is 10.3. The van der Waals surface area contributed by atoms with Crippen LogP contribution in [-0.2, 0) is 31.9 Å². The average Bonchev–Trinajstić information content (AvgIpc) is 3.42. The van der Waals surface area contributed by atoms with Crippen LogP contribution in [0.4, 0.5) is 0 Å². The van der Waals surface area contributed by atoms with E-state index in [0.717, 1.165) is 38.6 Å². The van der Waals surface area contributed by atoms with Crippen LogP contribution in [-0.4, -0.2) is 20.2 Å². The van der Waals surface area contributed by atoms with Crippen molar-refractivity contribution >= 4 is 21.9 Å². The molecule has 3 heterocycles. The topological polar surface area (TPSA) is 79.4 Å². The molecule has 0 aliphatic rings. The maximum Gasteiger partial charge on any atom is 0.136 e. The van der Waals surface area contributed by atoms with E-state index in [1.165, 1.54) is 0 Å². The molecule has 5 nitrogen and oxygen atoms in total. The predicted molar refractivity (Wildman–Crippen MR) is 192 cm³/mol. The fourth-order valence-corrected chi connectivity index (χ4v) is 6.07. The summed E-state index contributed by atoms with van der Waals surface area (Å²) < 4.78 is 6.40. The number of aromatic hydroxyl groups is 2. The normalized spacial score (nSPS) is 12.0. The van der Waals surface area contributed by atoms with Crippen molar-refractivity contribution in [3.8, 4) is 56.5 Å². The molecule has 3 aromatic heterocycles. The van der Waals surface area contributed by atoms with Gasteiger partial charge in [-0.25, -0.2) is 9.97 Å². The molecule has 0 unspecified atom stereocenters. The Morgan fingerprint density at radius 1 is 0.521 bits per heavy atom. The van der Waals surface area contributed by atoms with E-state index < -0.39 is 0 Å². The number of furan rings is 1. The molecule has 0 aliphatic heterocycles. The first-order chi connectivity index (χ1) is 22.4. The van der Waals surface area contributed by atoms with E-state index in [-0.39, 0.29) is 43.4 Å². The minimum Gasteiger partial charge on any atom is -0.507 e. The average molecular weight is 814 g/mol. The Morgan fingerprint density at radius 2 is 1.10 bits per heavy atom. The van der Waals surface area contributed by atoms with Crippen molar-refractivity contribution in [3.63, 3.8) is 0 Å². The molecule has 0 spiro atoms. The molecular formula is C42H38N2O3Pt. The van der Waals surface area contributed by atoms with E-state index in [2.05, 4.69) is 90.1 Å². The van der Waals surface area contributed by atoms with Crippen LogP contribution in [0.1, 0.15) is 52.7 Å². The van der Waals surface area contributed by atoms with Gasteiger partial charge in [-0.15, -0.1) is 0 Å². The number of rotatable bonds is 4. The van der Waals surface area contributed by atoms with Crippen LogP contribution >= 0.6 is 0 Å². The molecule has 2 N–H and O–H groups in total. The molecule has 0 radical (unpaired) electrons. The zero-order valence-electron chi connectivity index (χ0n) is 27.9. The number of pyridine rings is 2. The third-order valence-corrected chi connectivity index (χ3v) is 8.80. The largest absolute Gasteiger partial charge is 0.507 e. The van der Waals surface area contributed by atoms with Crippen molar-refractivity contribution in [2.24, 2.45) is 0 Å².